The summed E-state index contributed by atoms with van der Waals surface area (Å²) in [5, 5.41) is 11.5. The van der Waals surface area contributed by atoms with E-state index in [4.69, 9.17) is 32.4 Å². The summed E-state index contributed by atoms with van der Waals surface area (Å²) in [5.41, 5.74) is 0.259. The zero-order chi connectivity index (χ0) is 23.0. The largest absolute Gasteiger partial charge is 0.507 e. The second kappa shape index (κ2) is 8.68. The van der Waals surface area contributed by atoms with Crippen molar-refractivity contribution in [2.24, 2.45) is 0 Å². The number of ketones is 1. The lowest BCUT2D eigenvalue weighted by Crippen LogP contribution is -2.29. The fourth-order valence-electron chi connectivity index (χ4n) is 3.61. The SMILES string of the molecule is COc1ccc(C(O)=C2C(=O)C(=O)N(Cc3ccco3)[C@H]2c2ccc(Cl)c(Cl)c2)cc1F. The van der Waals surface area contributed by atoms with Gasteiger partial charge in [-0.1, -0.05) is 29.3 Å². The van der Waals surface area contributed by atoms with Crippen molar-refractivity contribution in [3.8, 4) is 5.75 Å². The summed E-state index contributed by atoms with van der Waals surface area (Å²) in [7, 11) is 1.31. The molecule has 1 aliphatic rings. The van der Waals surface area contributed by atoms with Gasteiger partial charge in [-0.25, -0.2) is 4.39 Å². The highest BCUT2D eigenvalue weighted by molar-refractivity contribution is 6.46. The van der Waals surface area contributed by atoms with Crippen molar-refractivity contribution in [3.05, 3.63) is 93.1 Å². The van der Waals surface area contributed by atoms with Gasteiger partial charge in [0.1, 0.15) is 11.5 Å². The topological polar surface area (TPSA) is 80.0 Å². The normalized spacial score (nSPS) is 17.8. The number of nitrogens with zero attached hydrogens (tertiary/aromatic N) is 1. The minimum absolute atomic E-state index is 0.0179. The van der Waals surface area contributed by atoms with Gasteiger partial charge in [0.15, 0.2) is 11.6 Å². The van der Waals surface area contributed by atoms with Gasteiger partial charge in [-0.2, -0.15) is 0 Å². The Hall–Kier alpha value is -3.29. The van der Waals surface area contributed by atoms with Crippen LogP contribution < -0.4 is 4.74 Å². The van der Waals surface area contributed by atoms with E-state index in [1.54, 1.807) is 18.2 Å². The van der Waals surface area contributed by atoms with Crippen molar-refractivity contribution in [1.29, 1.82) is 0 Å². The van der Waals surface area contributed by atoms with Crippen molar-refractivity contribution in [2.45, 2.75) is 12.6 Å². The van der Waals surface area contributed by atoms with E-state index in [0.717, 1.165) is 6.07 Å². The lowest BCUT2D eigenvalue weighted by atomic mass is 9.95. The Labute approximate surface area is 192 Å². The molecule has 0 saturated carbocycles. The van der Waals surface area contributed by atoms with Gasteiger partial charge in [0.25, 0.3) is 11.7 Å². The fourth-order valence-corrected chi connectivity index (χ4v) is 3.92. The maximum absolute atomic E-state index is 14.3. The van der Waals surface area contributed by atoms with Gasteiger partial charge < -0.3 is 19.2 Å². The number of amides is 1. The van der Waals surface area contributed by atoms with Gasteiger partial charge in [0, 0.05) is 5.56 Å². The average Bonchev–Trinajstić information content (AvgIpc) is 3.37. The first-order valence-electron chi connectivity index (χ1n) is 9.41. The molecule has 32 heavy (non-hydrogen) atoms. The summed E-state index contributed by atoms with van der Waals surface area (Å²) in [4.78, 5) is 27.2. The highest BCUT2D eigenvalue weighted by Crippen LogP contribution is 2.42. The van der Waals surface area contributed by atoms with E-state index in [1.807, 2.05) is 0 Å². The number of furan rings is 1. The van der Waals surface area contributed by atoms with Gasteiger partial charge in [0.2, 0.25) is 0 Å². The van der Waals surface area contributed by atoms with Crippen LogP contribution in [-0.4, -0.2) is 28.8 Å². The highest BCUT2D eigenvalue weighted by Gasteiger charge is 2.46. The molecule has 6 nitrogen and oxygen atoms in total. The van der Waals surface area contributed by atoms with Gasteiger partial charge in [-0.15, -0.1) is 0 Å². The smallest absolute Gasteiger partial charge is 0.296 e. The molecule has 1 aliphatic heterocycles. The lowest BCUT2D eigenvalue weighted by molar-refractivity contribution is -0.140. The molecule has 2 aromatic carbocycles. The van der Waals surface area contributed by atoms with Crippen LogP contribution >= 0.6 is 23.2 Å². The molecule has 1 N–H and O–H groups in total. The van der Waals surface area contributed by atoms with E-state index >= 15 is 0 Å². The predicted molar refractivity (Wildman–Crippen MR) is 116 cm³/mol. The van der Waals surface area contributed by atoms with E-state index in [2.05, 4.69) is 0 Å². The molecule has 1 saturated heterocycles. The third-order valence-corrected chi connectivity index (χ3v) is 5.87. The first-order chi connectivity index (χ1) is 15.3. The standard InChI is InChI=1S/C23H16Cl2FNO5/c1-31-18-7-5-13(10-17(18)26)21(28)19-20(12-4-6-15(24)16(25)9-12)27(23(30)22(19)29)11-14-3-2-8-32-14/h2-10,20,28H,11H2,1H3/t20-/m0/s1. The molecule has 2 heterocycles. The van der Waals surface area contributed by atoms with Crippen molar-refractivity contribution in [3.63, 3.8) is 0 Å². The van der Waals surface area contributed by atoms with Crippen LogP contribution in [0.4, 0.5) is 4.39 Å². The molecule has 1 atom stereocenters. The summed E-state index contributed by atoms with van der Waals surface area (Å²) in [6, 6.07) is 10.7. The molecule has 9 heteroatoms. The number of hydrogen-bond donors (Lipinski definition) is 1. The molecule has 3 aromatic rings. The number of benzene rings is 2. The Kier molecular flexibility index (Phi) is 5.95. The number of carbonyl (C=O) groups is 2. The Morgan fingerprint density at radius 3 is 2.56 bits per heavy atom. The van der Waals surface area contributed by atoms with E-state index in [-0.39, 0.29) is 33.5 Å². The van der Waals surface area contributed by atoms with Crippen molar-refractivity contribution in [1.82, 2.24) is 4.90 Å². The van der Waals surface area contributed by atoms with Gasteiger partial charge in [-0.3, -0.25) is 9.59 Å². The molecule has 0 unspecified atom stereocenters. The summed E-state index contributed by atoms with van der Waals surface area (Å²) >= 11 is 12.2. The van der Waals surface area contributed by atoms with Crippen molar-refractivity contribution >= 4 is 40.7 Å². The van der Waals surface area contributed by atoms with Crippen LogP contribution in [0.3, 0.4) is 0 Å². The van der Waals surface area contributed by atoms with Crippen LogP contribution in [0.25, 0.3) is 5.76 Å². The molecular formula is C23H16Cl2FNO5. The molecule has 1 fully saturated rings. The average molecular weight is 476 g/mol. The molecular weight excluding hydrogens is 460 g/mol. The van der Waals surface area contributed by atoms with Crippen LogP contribution in [0.15, 0.2) is 64.8 Å². The number of carbonyl (C=O) groups excluding carboxylic acids is 2. The van der Waals surface area contributed by atoms with Crippen LogP contribution in [-0.2, 0) is 16.1 Å². The first-order valence-corrected chi connectivity index (χ1v) is 10.2. The fraction of sp³-hybridized carbons (Fsp3) is 0.130. The number of hydrogen-bond acceptors (Lipinski definition) is 5. The van der Waals surface area contributed by atoms with Crippen LogP contribution in [0.5, 0.6) is 5.75 Å². The number of likely N-dealkylation sites (tertiary alicyclic amines) is 1. The summed E-state index contributed by atoms with van der Waals surface area (Å²) in [6.07, 6.45) is 1.44. The lowest BCUT2D eigenvalue weighted by Gasteiger charge is -2.24. The number of aliphatic hydroxyl groups excluding tert-OH is 1. The quantitative estimate of drug-likeness (QED) is 0.305. The van der Waals surface area contributed by atoms with Gasteiger partial charge >= 0.3 is 0 Å². The zero-order valence-corrected chi connectivity index (χ0v) is 18.2. The van der Waals surface area contributed by atoms with Gasteiger partial charge in [-0.05, 0) is 48.0 Å². The van der Waals surface area contributed by atoms with E-state index in [0.29, 0.717) is 11.3 Å². The number of Topliss-reactive ketones (excluding diaryl/α,β-unsaturated/α-hetero) is 1. The number of ether oxygens (including phenoxy) is 1. The highest BCUT2D eigenvalue weighted by atomic mass is 35.5. The van der Waals surface area contributed by atoms with E-state index in [9.17, 15) is 19.1 Å². The number of aliphatic hydroxyl groups is 1. The third-order valence-electron chi connectivity index (χ3n) is 5.13. The van der Waals surface area contributed by atoms with Crippen LogP contribution in [0, 0.1) is 5.82 Å². The molecule has 0 spiro atoms. The van der Waals surface area contributed by atoms with Crippen molar-refractivity contribution in [2.75, 3.05) is 7.11 Å². The second-order valence-corrected chi connectivity index (χ2v) is 7.84. The van der Waals surface area contributed by atoms with Crippen LogP contribution in [0.2, 0.25) is 10.0 Å². The molecule has 164 valence electrons. The second-order valence-electron chi connectivity index (χ2n) is 7.03. The molecule has 4 rings (SSSR count). The van der Waals surface area contributed by atoms with Crippen molar-refractivity contribution < 1.29 is 28.2 Å². The summed E-state index contributed by atoms with van der Waals surface area (Å²) < 4.78 is 24.5. The Morgan fingerprint density at radius 1 is 1.16 bits per heavy atom. The number of halogens is 3. The minimum Gasteiger partial charge on any atom is -0.507 e. The molecule has 1 amide bonds. The van der Waals surface area contributed by atoms with E-state index in [1.165, 1.54) is 42.5 Å². The minimum atomic E-state index is -1.000. The summed E-state index contributed by atoms with van der Waals surface area (Å²) in [6.45, 7) is -0.0315. The molecule has 0 radical (unpaired) electrons. The predicted octanol–water partition coefficient (Wildman–Crippen LogP) is 5.36. The van der Waals surface area contributed by atoms with E-state index < -0.39 is 29.3 Å². The third kappa shape index (κ3) is 3.85. The molecule has 1 aromatic heterocycles. The maximum atomic E-state index is 14.3. The maximum Gasteiger partial charge on any atom is 0.296 e. The first kappa shape index (κ1) is 21.9. The Morgan fingerprint density at radius 2 is 1.94 bits per heavy atom. The van der Waals surface area contributed by atoms with Gasteiger partial charge in [0.05, 0.1) is 41.6 Å². The number of methoxy groups -OCH3 is 1. The van der Waals surface area contributed by atoms with Crippen LogP contribution in [0.1, 0.15) is 22.9 Å². The number of rotatable bonds is 5. The Bertz CT molecular complexity index is 1240. The molecule has 0 bridgehead atoms. The summed E-state index contributed by atoms with van der Waals surface area (Å²) in [5.74, 6) is -2.60. The zero-order valence-electron chi connectivity index (χ0n) is 16.6. The Balaban J connectivity index is 1.89. The molecule has 0 aliphatic carbocycles. The monoisotopic (exact) mass is 475 g/mol.